The fourth-order valence-corrected chi connectivity index (χ4v) is 1.57. The van der Waals surface area contributed by atoms with Gasteiger partial charge in [-0.25, -0.2) is 0 Å². The Balaban J connectivity index is -0.0000000698. The summed E-state index contributed by atoms with van der Waals surface area (Å²) in [6, 6.07) is 0. The van der Waals surface area contributed by atoms with Crippen molar-refractivity contribution in [3.63, 3.8) is 0 Å². The molecule has 0 aromatic heterocycles. The monoisotopic (exact) mass is 767 g/mol. The molecule has 0 rings (SSSR count). The molecule has 6 unspecified atom stereocenters. The Hall–Kier alpha value is -0.720. The van der Waals surface area contributed by atoms with Gasteiger partial charge in [0, 0.05) is 33.0 Å². The molecule has 18 nitrogen and oxygen atoms in total. The van der Waals surface area contributed by atoms with Crippen LogP contribution in [0.2, 0.25) is 0 Å². The van der Waals surface area contributed by atoms with Gasteiger partial charge in [-0.1, -0.05) is 12.8 Å². The third kappa shape index (κ3) is 138. The molecule has 0 spiro atoms. The fourth-order valence-electron chi connectivity index (χ4n) is 1.57. The Kier molecular flexibility index (Phi) is 94.8. The summed E-state index contributed by atoms with van der Waals surface area (Å²) in [5.74, 6) is 0. The average molecular weight is 767 g/mol. The number of hydrogen-bond donors (Lipinski definition) is 16. The molecular weight excluding hydrogens is 684 g/mol. The zero-order valence-electron chi connectivity index (χ0n) is 32.3. The van der Waals surface area contributed by atoms with Crippen LogP contribution in [0, 0.1) is 0 Å². The number of rotatable bonds is 21. The van der Waals surface area contributed by atoms with Gasteiger partial charge in [-0.15, -0.1) is 0 Å². The maximum absolute atomic E-state index is 8.69. The van der Waals surface area contributed by atoms with E-state index in [0.29, 0.717) is 26.2 Å². The Morgan fingerprint density at radius 3 is 0.863 bits per heavy atom. The van der Waals surface area contributed by atoms with E-state index in [1.807, 2.05) is 0 Å². The highest BCUT2D eigenvalue weighted by Gasteiger charge is 2.01. The number of unbranched alkanes of at least 4 members (excludes halogenated alkanes) is 4. The summed E-state index contributed by atoms with van der Waals surface area (Å²) in [4.78, 5) is 0. The van der Waals surface area contributed by atoms with Crippen LogP contribution in [-0.4, -0.2) is 211 Å². The summed E-state index contributed by atoms with van der Waals surface area (Å²) in [6.45, 7) is 11.3. The van der Waals surface area contributed by atoms with E-state index in [1.54, 1.807) is 34.6 Å². The lowest BCUT2D eigenvalue weighted by Gasteiger charge is -2.10. The number of hydrogen-bond acceptors (Lipinski definition) is 18. The van der Waals surface area contributed by atoms with Crippen molar-refractivity contribution < 1.29 is 91.2 Å². The lowest BCUT2D eigenvalue weighted by Crippen LogP contribution is -2.19. The lowest BCUT2D eigenvalue weighted by molar-refractivity contribution is -0.0177. The largest absolute Gasteiger partial charge is 0.396 e. The van der Waals surface area contributed by atoms with Gasteiger partial charge in [0.05, 0.1) is 96.1 Å². The van der Waals surface area contributed by atoms with Crippen molar-refractivity contribution in [2.45, 2.75) is 123 Å². The van der Waals surface area contributed by atoms with Gasteiger partial charge in [-0.3, -0.25) is 0 Å². The molecule has 16 N–H and O–H groups in total. The van der Waals surface area contributed by atoms with E-state index in [2.05, 4.69) is 4.74 Å². The minimum absolute atomic E-state index is 0.00667. The van der Waals surface area contributed by atoms with Gasteiger partial charge in [-0.2, -0.15) is 0 Å². The predicted octanol–water partition coefficient (Wildman–Crippen LogP) is -3.14. The highest BCUT2D eigenvalue weighted by molar-refractivity contribution is 4.51. The predicted molar refractivity (Wildman–Crippen MR) is 195 cm³/mol. The number of aliphatic hydroxyl groups is 16. The highest BCUT2D eigenvalue weighted by atomic mass is 16.5. The second kappa shape index (κ2) is 70.8. The molecule has 0 aromatic rings. The zero-order chi connectivity index (χ0) is 41.7. The molecule has 0 heterocycles. The normalized spacial score (nSPS) is 13.1. The first kappa shape index (κ1) is 68.3. The third-order valence-electron chi connectivity index (χ3n) is 4.59. The Morgan fingerprint density at radius 1 is 0.373 bits per heavy atom. The molecule has 0 aromatic carbocycles. The van der Waals surface area contributed by atoms with Gasteiger partial charge < -0.3 is 91.2 Å². The summed E-state index contributed by atoms with van der Waals surface area (Å²) in [5, 5.41) is 131. The van der Waals surface area contributed by atoms with E-state index in [9.17, 15) is 0 Å². The molecular formula is C33H82O18. The van der Waals surface area contributed by atoms with E-state index in [4.69, 9.17) is 86.4 Å². The van der Waals surface area contributed by atoms with Crippen LogP contribution in [0.4, 0.5) is 0 Å². The molecule has 0 aliphatic heterocycles. The number of aliphatic hydroxyl groups excluding tert-OH is 16. The minimum Gasteiger partial charge on any atom is -0.396 e. The molecule has 0 aliphatic rings. The van der Waals surface area contributed by atoms with Crippen molar-refractivity contribution in [2.75, 3.05) is 92.5 Å². The first-order valence-corrected chi connectivity index (χ1v) is 17.3. The summed E-state index contributed by atoms with van der Waals surface area (Å²) < 4.78 is 9.58. The van der Waals surface area contributed by atoms with E-state index >= 15 is 0 Å². The molecule has 51 heavy (non-hydrogen) atoms. The maximum Gasteiger partial charge on any atom is 0.0779 e. The molecule has 0 bridgehead atoms. The quantitative estimate of drug-likeness (QED) is 0.0513. The van der Waals surface area contributed by atoms with Crippen LogP contribution in [0.3, 0.4) is 0 Å². The van der Waals surface area contributed by atoms with Crippen molar-refractivity contribution in [3.05, 3.63) is 0 Å². The molecule has 0 saturated heterocycles. The molecule has 0 radical (unpaired) electrons. The first-order chi connectivity index (χ1) is 24.0. The van der Waals surface area contributed by atoms with Crippen LogP contribution in [0.1, 0.15) is 86.5 Å². The van der Waals surface area contributed by atoms with Gasteiger partial charge in [0.25, 0.3) is 0 Å². The highest BCUT2D eigenvalue weighted by Crippen LogP contribution is 1.96. The fraction of sp³-hybridized carbons (Fsp3) is 1.00. The Morgan fingerprint density at radius 2 is 0.706 bits per heavy atom. The number of ether oxygens (including phenoxy) is 2. The molecule has 322 valence electrons. The molecule has 0 aliphatic carbocycles. The molecule has 6 atom stereocenters. The smallest absolute Gasteiger partial charge is 0.0779 e. The second-order valence-corrected chi connectivity index (χ2v) is 10.6. The van der Waals surface area contributed by atoms with Crippen molar-refractivity contribution in [1.82, 2.24) is 0 Å². The van der Waals surface area contributed by atoms with Gasteiger partial charge in [0.1, 0.15) is 0 Å². The van der Waals surface area contributed by atoms with Crippen molar-refractivity contribution in [3.8, 4) is 0 Å². The SMILES string of the molecule is CC(O)C(C)O.CC(O)CCO.CC(O)CO.CC(O)COC(C)CO.OCCCCCCO.OCCCCO.OCCO.OCCOCCO. The summed E-state index contributed by atoms with van der Waals surface area (Å²) >= 11 is 0. The topological polar surface area (TPSA) is 342 Å². The van der Waals surface area contributed by atoms with Crippen molar-refractivity contribution >= 4 is 0 Å². The van der Waals surface area contributed by atoms with E-state index in [0.717, 1.165) is 38.5 Å². The van der Waals surface area contributed by atoms with Crippen molar-refractivity contribution in [1.29, 1.82) is 0 Å². The second-order valence-electron chi connectivity index (χ2n) is 10.6. The summed E-state index contributed by atoms with van der Waals surface area (Å²) in [6.07, 6.45) is 3.04. The van der Waals surface area contributed by atoms with Crippen LogP contribution in [-0.2, 0) is 9.47 Å². The van der Waals surface area contributed by atoms with E-state index in [-0.39, 0.29) is 84.9 Å². The van der Waals surface area contributed by atoms with Gasteiger partial charge in [-0.05, 0) is 73.6 Å². The van der Waals surface area contributed by atoms with Gasteiger partial charge in [0.2, 0.25) is 0 Å². The van der Waals surface area contributed by atoms with Crippen LogP contribution >= 0.6 is 0 Å². The standard InChI is InChI=1S/C6H14O3.C6H14O2.C4H10O3.3C4H10O2.C3H8O2.C2H6O2/c1-5(8)4-9-6(2)3-7;7-5-3-1-2-4-6-8;5-1-3-7-4-2-6;1-4(6)2-3-5;1-3(5)4(2)6;5-3-1-2-4-6;1-3(5)2-4;3-1-2-4/h5-8H,3-4H2,1-2H3;7-8H,1-6H2;5-6H,1-4H2;4-6H,2-3H2,1H3;3-6H,1-2H3;5-6H,1-4H2;3-5H,2H2,1H3;3-4H,1-2H2. The third-order valence-corrected chi connectivity index (χ3v) is 4.59. The average Bonchev–Trinajstić information content (AvgIpc) is 3.10. The zero-order valence-corrected chi connectivity index (χ0v) is 32.3. The van der Waals surface area contributed by atoms with Crippen LogP contribution < -0.4 is 0 Å². The van der Waals surface area contributed by atoms with Gasteiger partial charge in [0.15, 0.2) is 0 Å². The van der Waals surface area contributed by atoms with E-state index < -0.39 is 24.4 Å². The van der Waals surface area contributed by atoms with Crippen LogP contribution in [0.15, 0.2) is 0 Å². The minimum atomic E-state index is -0.593. The summed E-state index contributed by atoms with van der Waals surface area (Å²) in [7, 11) is 0. The van der Waals surface area contributed by atoms with Crippen molar-refractivity contribution in [2.24, 2.45) is 0 Å². The lowest BCUT2D eigenvalue weighted by atomic mass is 10.2. The molecule has 0 amide bonds. The maximum atomic E-state index is 8.69. The Bertz CT molecular complexity index is 455. The molecule has 0 fully saturated rings. The van der Waals surface area contributed by atoms with Gasteiger partial charge >= 0.3 is 0 Å². The first-order valence-electron chi connectivity index (χ1n) is 17.3. The van der Waals surface area contributed by atoms with Crippen LogP contribution in [0.5, 0.6) is 0 Å². The summed E-state index contributed by atoms with van der Waals surface area (Å²) in [5.41, 5.74) is 0. The van der Waals surface area contributed by atoms with Crippen LogP contribution in [0.25, 0.3) is 0 Å². The molecule has 0 saturated carbocycles. The Labute approximate surface area is 306 Å². The molecule has 18 heteroatoms. The van der Waals surface area contributed by atoms with E-state index in [1.165, 1.54) is 6.92 Å².